The highest BCUT2D eigenvalue weighted by atomic mass is 79.9. The highest BCUT2D eigenvalue weighted by Crippen LogP contribution is 2.40. The second-order valence-corrected chi connectivity index (χ2v) is 8.13. The summed E-state index contributed by atoms with van der Waals surface area (Å²) in [6, 6.07) is 13.8. The number of carbonyl (C=O) groups is 2. The van der Waals surface area contributed by atoms with Crippen LogP contribution in [0.25, 0.3) is 0 Å². The van der Waals surface area contributed by atoms with Crippen LogP contribution in [0.4, 0.5) is 10.1 Å². The summed E-state index contributed by atoms with van der Waals surface area (Å²) < 4.78 is 19.5. The van der Waals surface area contributed by atoms with E-state index in [0.717, 1.165) is 0 Å². The van der Waals surface area contributed by atoms with Gasteiger partial charge in [-0.1, -0.05) is 35.3 Å². The van der Waals surface area contributed by atoms with Gasteiger partial charge in [-0.25, -0.2) is 4.39 Å². The lowest BCUT2D eigenvalue weighted by Crippen LogP contribution is -2.12. The van der Waals surface area contributed by atoms with E-state index in [-0.39, 0.29) is 38.7 Å². The van der Waals surface area contributed by atoms with E-state index in [2.05, 4.69) is 21.2 Å². The van der Waals surface area contributed by atoms with Gasteiger partial charge in [-0.15, -0.1) is 0 Å². The second-order valence-electron chi connectivity index (χ2n) is 6.46. The number of aryl methyl sites for hydroxylation is 1. The summed E-state index contributed by atoms with van der Waals surface area (Å²) in [7, 11) is 0. The molecular weight excluding hydrogens is 512 g/mol. The third-order valence-corrected chi connectivity index (χ3v) is 5.38. The number of rotatable bonds is 7. The Bertz CT molecular complexity index is 1130. The molecule has 0 heterocycles. The van der Waals surface area contributed by atoms with Gasteiger partial charge in [0.15, 0.2) is 11.5 Å². The number of anilines is 1. The van der Waals surface area contributed by atoms with E-state index in [1.807, 2.05) is 0 Å². The van der Waals surface area contributed by atoms with Gasteiger partial charge in [-0.05, 0) is 70.4 Å². The molecule has 0 saturated carbocycles. The molecular formula is C22H15BrCl2FNO4. The van der Waals surface area contributed by atoms with Crippen molar-refractivity contribution in [1.82, 2.24) is 0 Å². The van der Waals surface area contributed by atoms with Gasteiger partial charge < -0.3 is 15.2 Å². The van der Waals surface area contributed by atoms with Crippen LogP contribution in [0.3, 0.4) is 0 Å². The van der Waals surface area contributed by atoms with Gasteiger partial charge in [0.25, 0.3) is 5.91 Å². The first-order valence-corrected chi connectivity index (χ1v) is 10.5. The number of ether oxygens (including phenoxy) is 1. The first-order chi connectivity index (χ1) is 14.7. The molecule has 0 unspecified atom stereocenters. The van der Waals surface area contributed by atoms with Crippen molar-refractivity contribution in [3.05, 3.63) is 86.1 Å². The number of carboxylic acid groups (broad SMARTS) is 1. The zero-order valence-corrected chi connectivity index (χ0v) is 18.9. The molecule has 0 aromatic heterocycles. The second kappa shape index (κ2) is 10.1. The van der Waals surface area contributed by atoms with E-state index in [0.29, 0.717) is 17.0 Å². The number of carboxylic acids is 1. The zero-order valence-electron chi connectivity index (χ0n) is 15.8. The van der Waals surface area contributed by atoms with Crippen molar-refractivity contribution < 1.29 is 23.8 Å². The van der Waals surface area contributed by atoms with Crippen molar-refractivity contribution in [2.75, 3.05) is 5.32 Å². The normalized spacial score (nSPS) is 10.6. The Morgan fingerprint density at radius 2 is 1.74 bits per heavy atom. The SMILES string of the molecule is O=C(O)CCc1cc(Cl)c(Oc2ccccc2NC(=O)c2ccc(F)c(Br)c2)c(Cl)c1. The van der Waals surface area contributed by atoms with Gasteiger partial charge in [-0.3, -0.25) is 9.59 Å². The van der Waals surface area contributed by atoms with Crippen LogP contribution in [-0.2, 0) is 11.2 Å². The minimum atomic E-state index is -0.926. The highest BCUT2D eigenvalue weighted by Gasteiger charge is 2.16. The van der Waals surface area contributed by atoms with Crippen LogP contribution < -0.4 is 10.1 Å². The molecule has 2 N–H and O–H groups in total. The molecule has 0 saturated heterocycles. The van der Waals surface area contributed by atoms with Crippen molar-refractivity contribution >= 4 is 56.7 Å². The summed E-state index contributed by atoms with van der Waals surface area (Å²) >= 11 is 15.7. The lowest BCUT2D eigenvalue weighted by Gasteiger charge is -2.15. The molecule has 31 heavy (non-hydrogen) atoms. The predicted molar refractivity (Wildman–Crippen MR) is 121 cm³/mol. The standard InChI is InChI=1S/C22H15BrCl2FNO4/c23-14-11-13(6-7-17(14)26)22(30)27-18-3-1-2-4-19(18)31-21-15(24)9-12(10-16(21)25)5-8-20(28)29/h1-4,6-7,9-11H,5,8H2,(H,27,30)(H,28,29). The van der Waals surface area contributed by atoms with Crippen LogP contribution >= 0.6 is 39.1 Å². The Kier molecular flexibility index (Phi) is 7.54. The van der Waals surface area contributed by atoms with Gasteiger partial charge in [0.2, 0.25) is 0 Å². The largest absolute Gasteiger partial charge is 0.481 e. The number of hydrogen-bond acceptors (Lipinski definition) is 3. The van der Waals surface area contributed by atoms with Crippen LogP contribution in [0, 0.1) is 5.82 Å². The Balaban J connectivity index is 1.83. The molecule has 0 aliphatic carbocycles. The number of aliphatic carboxylic acids is 1. The summed E-state index contributed by atoms with van der Waals surface area (Å²) in [5.74, 6) is -1.40. The van der Waals surface area contributed by atoms with Crippen LogP contribution in [0.15, 0.2) is 59.1 Å². The molecule has 0 aliphatic heterocycles. The number of amides is 1. The van der Waals surface area contributed by atoms with E-state index in [9.17, 15) is 14.0 Å². The van der Waals surface area contributed by atoms with Gasteiger partial charge in [0, 0.05) is 12.0 Å². The average Bonchev–Trinajstić information content (AvgIpc) is 2.72. The maximum Gasteiger partial charge on any atom is 0.303 e. The molecule has 1 amide bonds. The molecule has 0 radical (unpaired) electrons. The molecule has 9 heteroatoms. The molecule has 3 aromatic carbocycles. The number of benzene rings is 3. The van der Waals surface area contributed by atoms with E-state index in [4.69, 9.17) is 33.0 Å². The van der Waals surface area contributed by atoms with Crippen LogP contribution in [0.1, 0.15) is 22.3 Å². The fourth-order valence-corrected chi connectivity index (χ4v) is 3.69. The number of nitrogens with one attached hydrogen (secondary N) is 1. The summed E-state index contributed by atoms with van der Waals surface area (Å²) in [5.41, 5.74) is 1.27. The number of para-hydroxylation sites is 2. The van der Waals surface area contributed by atoms with Crippen molar-refractivity contribution in [3.8, 4) is 11.5 Å². The van der Waals surface area contributed by atoms with Gasteiger partial charge in [0.05, 0.1) is 20.2 Å². The molecule has 3 aromatic rings. The van der Waals surface area contributed by atoms with E-state index in [1.165, 1.54) is 18.2 Å². The molecule has 0 spiro atoms. The topological polar surface area (TPSA) is 75.6 Å². The van der Waals surface area contributed by atoms with Crippen molar-refractivity contribution in [3.63, 3.8) is 0 Å². The molecule has 3 rings (SSSR count). The van der Waals surface area contributed by atoms with Crippen LogP contribution in [0.5, 0.6) is 11.5 Å². The minimum absolute atomic E-state index is 0.0543. The summed E-state index contributed by atoms with van der Waals surface area (Å²) in [6.45, 7) is 0. The van der Waals surface area contributed by atoms with Crippen molar-refractivity contribution in [2.45, 2.75) is 12.8 Å². The minimum Gasteiger partial charge on any atom is -0.481 e. The lowest BCUT2D eigenvalue weighted by molar-refractivity contribution is -0.136. The quantitative estimate of drug-likeness (QED) is 0.349. The molecule has 160 valence electrons. The third kappa shape index (κ3) is 5.97. The first kappa shape index (κ1) is 23.1. The van der Waals surface area contributed by atoms with Gasteiger partial charge >= 0.3 is 5.97 Å². The molecule has 0 bridgehead atoms. The van der Waals surface area contributed by atoms with E-state index < -0.39 is 17.7 Å². The summed E-state index contributed by atoms with van der Waals surface area (Å²) in [5, 5.41) is 12.0. The summed E-state index contributed by atoms with van der Waals surface area (Å²) in [4.78, 5) is 23.3. The zero-order chi connectivity index (χ0) is 22.5. The van der Waals surface area contributed by atoms with Crippen molar-refractivity contribution in [2.24, 2.45) is 0 Å². The van der Waals surface area contributed by atoms with Crippen LogP contribution in [-0.4, -0.2) is 17.0 Å². The van der Waals surface area contributed by atoms with Gasteiger partial charge in [-0.2, -0.15) is 0 Å². The van der Waals surface area contributed by atoms with Crippen molar-refractivity contribution in [1.29, 1.82) is 0 Å². The predicted octanol–water partition coefficient (Wildman–Crippen LogP) is 6.96. The van der Waals surface area contributed by atoms with E-state index in [1.54, 1.807) is 36.4 Å². The van der Waals surface area contributed by atoms with Gasteiger partial charge in [0.1, 0.15) is 5.82 Å². The molecule has 0 fully saturated rings. The smallest absolute Gasteiger partial charge is 0.303 e. The Labute approximate surface area is 195 Å². The Morgan fingerprint density at radius 1 is 1.06 bits per heavy atom. The molecule has 5 nitrogen and oxygen atoms in total. The first-order valence-electron chi connectivity index (χ1n) is 8.97. The average molecular weight is 527 g/mol. The summed E-state index contributed by atoms with van der Waals surface area (Å²) in [6.07, 6.45) is 0.218. The highest BCUT2D eigenvalue weighted by molar-refractivity contribution is 9.10. The van der Waals surface area contributed by atoms with Crippen LogP contribution in [0.2, 0.25) is 10.0 Å². The Morgan fingerprint density at radius 3 is 2.39 bits per heavy atom. The molecule has 0 aliphatic rings. The fourth-order valence-electron chi connectivity index (χ4n) is 2.71. The van der Waals surface area contributed by atoms with E-state index >= 15 is 0 Å². The number of carbonyl (C=O) groups excluding carboxylic acids is 1. The number of hydrogen-bond donors (Lipinski definition) is 2. The maximum atomic E-state index is 13.4. The molecule has 0 atom stereocenters. The fraction of sp³-hybridized carbons (Fsp3) is 0.0909. The monoisotopic (exact) mass is 525 g/mol. The Hall–Kier alpha value is -2.61. The number of halogens is 4. The lowest BCUT2D eigenvalue weighted by atomic mass is 10.1. The third-order valence-electron chi connectivity index (χ3n) is 4.21. The maximum absolute atomic E-state index is 13.4.